The van der Waals surface area contributed by atoms with Gasteiger partial charge in [-0.05, 0) is 35.1 Å². The lowest BCUT2D eigenvalue weighted by atomic mass is 9.54. The van der Waals surface area contributed by atoms with Gasteiger partial charge < -0.3 is 4.74 Å². The molecule has 3 aromatic carbocycles. The van der Waals surface area contributed by atoms with Gasteiger partial charge in [-0.15, -0.1) is 23.2 Å². The summed E-state index contributed by atoms with van der Waals surface area (Å²) < 4.78 is 5.04. The number of carbonyl (C=O) groups is 4. The van der Waals surface area contributed by atoms with E-state index in [9.17, 15) is 29.3 Å². The quantitative estimate of drug-likeness (QED) is 0.0559. The molecule has 0 radical (unpaired) electrons. The molecule has 220 valence electrons. The number of Topliss-reactive ketones (excluding diaryl/α,β-unsaturated/α-hetero) is 1. The van der Waals surface area contributed by atoms with Crippen LogP contribution < -0.4 is 0 Å². The average molecular weight is 621 g/mol. The molecule has 11 heteroatoms. The molecule has 0 saturated carbocycles. The second-order valence-corrected chi connectivity index (χ2v) is 12.2. The maximum Gasteiger partial charge on any atom is 0.306 e. The van der Waals surface area contributed by atoms with Crippen molar-refractivity contribution in [1.29, 1.82) is 0 Å². The number of hydrogen-bond donors (Lipinski definition) is 0. The number of hydrogen-bond acceptors (Lipinski definition) is 7. The number of carbonyl (C=O) groups excluding carboxylic acids is 4. The van der Waals surface area contributed by atoms with E-state index in [2.05, 4.69) is 0 Å². The predicted molar refractivity (Wildman–Crippen MR) is 157 cm³/mol. The Bertz CT molecular complexity index is 1570. The summed E-state index contributed by atoms with van der Waals surface area (Å²) in [7, 11) is 0. The van der Waals surface area contributed by atoms with Crippen LogP contribution in [0.4, 0.5) is 5.69 Å². The van der Waals surface area contributed by atoms with E-state index in [0.717, 1.165) is 28.3 Å². The molecule has 0 spiro atoms. The average Bonchev–Trinajstić information content (AvgIpc) is 3.28. The number of nitro benzene ring substituents is 1. The zero-order chi connectivity index (χ0) is 30.5. The number of benzene rings is 3. The van der Waals surface area contributed by atoms with Gasteiger partial charge in [0.15, 0.2) is 6.61 Å². The number of amides is 2. The van der Waals surface area contributed by atoms with Crippen molar-refractivity contribution in [2.75, 3.05) is 13.2 Å². The summed E-state index contributed by atoms with van der Waals surface area (Å²) in [5.41, 5.74) is 2.85. The van der Waals surface area contributed by atoms with Gasteiger partial charge in [0.25, 0.3) is 5.69 Å². The first kappa shape index (κ1) is 29.0. The summed E-state index contributed by atoms with van der Waals surface area (Å²) in [6, 6.07) is 20.1. The fraction of sp³-hybridized carbons (Fsp3) is 0.312. The third kappa shape index (κ3) is 4.44. The number of ketones is 1. The minimum atomic E-state index is -1.22. The van der Waals surface area contributed by atoms with Crippen LogP contribution in [-0.4, -0.2) is 46.5 Å². The smallest absolute Gasteiger partial charge is 0.306 e. The van der Waals surface area contributed by atoms with E-state index in [1.165, 1.54) is 23.1 Å². The second-order valence-electron chi connectivity index (χ2n) is 11.0. The zero-order valence-corrected chi connectivity index (χ0v) is 24.3. The first-order chi connectivity index (χ1) is 20.6. The number of rotatable bonds is 10. The van der Waals surface area contributed by atoms with Crippen LogP contribution in [-0.2, 0) is 28.9 Å². The summed E-state index contributed by atoms with van der Waals surface area (Å²) in [6.45, 7) is -0.359. The summed E-state index contributed by atoms with van der Waals surface area (Å²) in [6.07, 6.45) is 1.44. The number of non-ortho nitro benzene ring substituents is 1. The highest BCUT2D eigenvalue weighted by molar-refractivity contribution is 6.36. The van der Waals surface area contributed by atoms with Gasteiger partial charge in [0.2, 0.25) is 17.6 Å². The van der Waals surface area contributed by atoms with Gasteiger partial charge in [0.1, 0.15) is 9.75 Å². The number of nitrogens with zero attached hydrogens (tertiary/aromatic N) is 2. The van der Waals surface area contributed by atoms with Crippen molar-refractivity contribution in [2.45, 2.75) is 35.4 Å². The molecule has 0 aromatic heterocycles. The summed E-state index contributed by atoms with van der Waals surface area (Å²) in [4.78, 5) is 61.2. The number of alkyl halides is 2. The predicted octanol–water partition coefficient (Wildman–Crippen LogP) is 5.47. The Labute approximate surface area is 256 Å². The highest BCUT2D eigenvalue weighted by Crippen LogP contribution is 2.69. The minimum absolute atomic E-state index is 0.0373. The summed E-state index contributed by atoms with van der Waals surface area (Å²) in [5, 5.41) is 10.9. The Hall–Kier alpha value is -4.08. The molecule has 0 N–H and O–H groups in total. The van der Waals surface area contributed by atoms with Crippen LogP contribution in [0.25, 0.3) is 0 Å². The topological polar surface area (TPSA) is 124 Å². The fourth-order valence-electron chi connectivity index (χ4n) is 6.76. The monoisotopic (exact) mass is 620 g/mol. The normalized spacial score (nSPS) is 24.7. The van der Waals surface area contributed by atoms with Crippen molar-refractivity contribution in [2.24, 2.45) is 11.8 Å². The summed E-state index contributed by atoms with van der Waals surface area (Å²) in [5.74, 6) is -3.52. The molecule has 1 saturated heterocycles. The van der Waals surface area contributed by atoms with E-state index < -0.39 is 44.9 Å². The first-order valence-corrected chi connectivity index (χ1v) is 14.7. The number of likely N-dealkylation sites (tertiary alicyclic amines) is 1. The Morgan fingerprint density at radius 1 is 0.814 bits per heavy atom. The Morgan fingerprint density at radius 3 is 1.86 bits per heavy atom. The number of ether oxygens (including phenoxy) is 1. The molecule has 1 heterocycles. The number of unbranched alkanes of at least 4 members (excludes halogenated alkanes) is 2. The largest absolute Gasteiger partial charge is 0.457 e. The van der Waals surface area contributed by atoms with Gasteiger partial charge >= 0.3 is 5.97 Å². The molecule has 4 aliphatic rings. The molecular formula is C32H26Cl2N2O7. The van der Waals surface area contributed by atoms with Crippen molar-refractivity contribution in [1.82, 2.24) is 4.90 Å². The molecule has 1 aliphatic heterocycles. The molecule has 2 bridgehead atoms. The van der Waals surface area contributed by atoms with Crippen LogP contribution in [0, 0.1) is 22.0 Å². The van der Waals surface area contributed by atoms with Crippen LogP contribution in [0.3, 0.4) is 0 Å². The molecule has 9 nitrogen and oxygen atoms in total. The lowest BCUT2D eigenvalue weighted by Crippen LogP contribution is -2.57. The molecule has 3 aliphatic carbocycles. The molecule has 2 atom stereocenters. The maximum atomic E-state index is 13.8. The molecule has 1 fully saturated rings. The first-order valence-electron chi connectivity index (χ1n) is 14.0. The van der Waals surface area contributed by atoms with Gasteiger partial charge in [0.05, 0.1) is 16.8 Å². The van der Waals surface area contributed by atoms with Gasteiger partial charge in [0, 0.05) is 30.7 Å². The number of esters is 1. The third-order valence-electron chi connectivity index (χ3n) is 8.68. The highest BCUT2D eigenvalue weighted by atomic mass is 35.5. The van der Waals surface area contributed by atoms with Crippen molar-refractivity contribution in [3.8, 4) is 0 Å². The third-order valence-corrected chi connectivity index (χ3v) is 9.97. The molecule has 43 heavy (non-hydrogen) atoms. The SMILES string of the molecule is O=C(CCCCCN1C(=O)[C@@H]2[C@@H](C1=O)C1(Cl)c3ccccc3C2(Cl)c2ccccc21)OCC(=O)c1cccc([N+](=O)[O-])c1. The van der Waals surface area contributed by atoms with Gasteiger partial charge in [-0.1, -0.05) is 67.1 Å². The van der Waals surface area contributed by atoms with Gasteiger partial charge in [-0.25, -0.2) is 0 Å². The molecule has 3 aromatic rings. The standard InChI is InChI=1S/C32H26Cl2N2O7/c33-31-21-11-3-4-12-22(21)32(34,24-14-6-5-13-23(24)31)28-27(31)29(39)35(30(28)40)16-7-1-2-15-26(38)43-18-25(37)19-9-8-10-20(17-19)36(41)42/h3-6,8-14,17,27-28H,1-2,7,15-16,18H2/t27-,28-,31?,32?/m0/s1. The second kappa shape index (κ2) is 10.9. The maximum absolute atomic E-state index is 13.8. The van der Waals surface area contributed by atoms with E-state index in [1.807, 2.05) is 48.5 Å². The Balaban J connectivity index is 1.06. The van der Waals surface area contributed by atoms with Crippen molar-refractivity contribution in [3.05, 3.63) is 111 Å². The Kier molecular flexibility index (Phi) is 7.34. The van der Waals surface area contributed by atoms with Crippen LogP contribution in [0.2, 0.25) is 0 Å². The van der Waals surface area contributed by atoms with E-state index >= 15 is 0 Å². The molecule has 2 amide bonds. The highest BCUT2D eigenvalue weighted by Gasteiger charge is 2.72. The molecule has 0 unspecified atom stereocenters. The lowest BCUT2D eigenvalue weighted by Gasteiger charge is -2.54. The van der Waals surface area contributed by atoms with E-state index in [-0.39, 0.29) is 36.0 Å². The zero-order valence-electron chi connectivity index (χ0n) is 22.8. The van der Waals surface area contributed by atoms with Crippen molar-refractivity contribution >= 4 is 52.5 Å². The Morgan fingerprint density at radius 2 is 1.35 bits per heavy atom. The lowest BCUT2D eigenvalue weighted by molar-refractivity contribution is -0.384. The van der Waals surface area contributed by atoms with Gasteiger partial charge in [-0.3, -0.25) is 34.2 Å². The van der Waals surface area contributed by atoms with Gasteiger partial charge in [-0.2, -0.15) is 0 Å². The van der Waals surface area contributed by atoms with Crippen LogP contribution in [0.15, 0.2) is 72.8 Å². The van der Waals surface area contributed by atoms with Crippen LogP contribution in [0.1, 0.15) is 58.3 Å². The van der Waals surface area contributed by atoms with Crippen molar-refractivity contribution in [3.63, 3.8) is 0 Å². The van der Waals surface area contributed by atoms with E-state index in [0.29, 0.717) is 19.3 Å². The molecular weight excluding hydrogens is 595 g/mol. The van der Waals surface area contributed by atoms with Crippen LogP contribution >= 0.6 is 23.2 Å². The summed E-state index contributed by atoms with van der Waals surface area (Å²) >= 11 is 14.8. The van der Waals surface area contributed by atoms with Crippen LogP contribution in [0.5, 0.6) is 0 Å². The minimum Gasteiger partial charge on any atom is -0.457 e. The van der Waals surface area contributed by atoms with E-state index in [4.69, 9.17) is 27.9 Å². The fourth-order valence-corrected chi connectivity index (χ4v) is 7.85. The van der Waals surface area contributed by atoms with Crippen molar-refractivity contribution < 1.29 is 28.8 Å². The number of nitro groups is 1. The molecule has 7 rings (SSSR count). The number of halogens is 2. The number of imide groups is 1. The van der Waals surface area contributed by atoms with E-state index in [1.54, 1.807) is 0 Å².